The highest BCUT2D eigenvalue weighted by molar-refractivity contribution is 5.91. The average molecular weight is 625 g/mol. The topological polar surface area (TPSA) is 258 Å². The summed E-state index contributed by atoms with van der Waals surface area (Å²) in [6, 6.07) is 7.00. The lowest BCUT2D eigenvalue weighted by Crippen LogP contribution is -2.60. The third-order valence-corrected chi connectivity index (χ3v) is 7.52. The molecule has 0 spiro atoms. The summed E-state index contributed by atoms with van der Waals surface area (Å²) < 4.78 is 32.7. The van der Waals surface area contributed by atoms with Crippen LogP contribution >= 0.6 is 0 Å². The van der Waals surface area contributed by atoms with Crippen molar-refractivity contribution in [3.05, 3.63) is 46.8 Å². The van der Waals surface area contributed by atoms with Crippen molar-refractivity contribution in [2.24, 2.45) is 0 Å². The quantitative estimate of drug-likeness (QED) is 0.126. The first-order valence-electron chi connectivity index (χ1n) is 13.4. The summed E-state index contributed by atoms with van der Waals surface area (Å²) >= 11 is 0. The summed E-state index contributed by atoms with van der Waals surface area (Å²) in [7, 11) is 1.18. The zero-order valence-electron chi connectivity index (χ0n) is 23.0. The number of phenols is 1. The van der Waals surface area contributed by atoms with Gasteiger partial charge in [0.1, 0.15) is 71.8 Å². The molecule has 2 aromatic carbocycles. The fourth-order valence-electron chi connectivity index (χ4n) is 5.01. The number of aliphatic hydroxyl groups excluding tert-OH is 8. The molecule has 3 heterocycles. The van der Waals surface area contributed by atoms with Gasteiger partial charge in [0.25, 0.3) is 0 Å². The minimum atomic E-state index is -1.75. The van der Waals surface area contributed by atoms with Crippen LogP contribution in [0.1, 0.15) is 0 Å². The fraction of sp³-hybridized carbons (Fsp3) is 0.464. The van der Waals surface area contributed by atoms with Gasteiger partial charge in [0, 0.05) is 6.07 Å². The van der Waals surface area contributed by atoms with Crippen LogP contribution in [0.2, 0.25) is 0 Å². The zero-order valence-corrected chi connectivity index (χ0v) is 23.0. The summed E-state index contributed by atoms with van der Waals surface area (Å²) in [5.41, 5.74) is -0.443. The number of ether oxygens (including phenoxy) is 5. The predicted octanol–water partition coefficient (Wildman–Crippen LogP) is -2.47. The van der Waals surface area contributed by atoms with E-state index in [4.69, 9.17) is 28.1 Å². The van der Waals surface area contributed by atoms with Crippen LogP contribution < -0.4 is 19.6 Å². The minimum Gasteiger partial charge on any atom is -0.504 e. The highest BCUT2D eigenvalue weighted by Crippen LogP contribution is 2.43. The monoisotopic (exact) mass is 624 g/mol. The molecule has 2 aliphatic rings. The molecule has 0 unspecified atom stereocenters. The highest BCUT2D eigenvalue weighted by Gasteiger charge is 2.46. The van der Waals surface area contributed by atoms with Crippen LogP contribution in [0.15, 0.2) is 45.8 Å². The van der Waals surface area contributed by atoms with Crippen molar-refractivity contribution in [3.63, 3.8) is 0 Å². The van der Waals surface area contributed by atoms with E-state index in [1.54, 1.807) is 0 Å². The van der Waals surface area contributed by atoms with Gasteiger partial charge < -0.3 is 74.1 Å². The first-order chi connectivity index (χ1) is 21.0. The first-order valence-corrected chi connectivity index (χ1v) is 13.4. The van der Waals surface area contributed by atoms with Gasteiger partial charge in [-0.1, -0.05) is 12.1 Å². The van der Waals surface area contributed by atoms with Crippen molar-refractivity contribution in [1.82, 2.24) is 0 Å². The Labute approximate surface area is 248 Å². The Morgan fingerprint density at radius 3 is 1.84 bits per heavy atom. The molecule has 5 rings (SSSR count). The van der Waals surface area contributed by atoms with Crippen LogP contribution in [0.3, 0.4) is 0 Å². The first kappa shape index (κ1) is 31.9. The zero-order chi connectivity index (χ0) is 31.9. The molecule has 0 radical (unpaired) electrons. The number of aliphatic hydroxyl groups is 8. The smallest absolute Gasteiger partial charge is 0.229 e. The van der Waals surface area contributed by atoms with Crippen LogP contribution in [0.25, 0.3) is 22.1 Å². The average Bonchev–Trinajstić information content (AvgIpc) is 3.02. The molecule has 2 aliphatic heterocycles. The molecular formula is C28H32O16. The number of rotatable bonds is 8. The molecule has 0 aliphatic carbocycles. The van der Waals surface area contributed by atoms with Crippen molar-refractivity contribution >= 4 is 11.0 Å². The van der Waals surface area contributed by atoms with Gasteiger partial charge in [0.05, 0.1) is 25.9 Å². The van der Waals surface area contributed by atoms with E-state index >= 15 is 0 Å². The Morgan fingerprint density at radius 1 is 0.773 bits per heavy atom. The number of benzene rings is 2. The van der Waals surface area contributed by atoms with Crippen LogP contribution in [0, 0.1) is 0 Å². The summed E-state index contributed by atoms with van der Waals surface area (Å²) in [4.78, 5) is 13.5. The molecule has 0 saturated carbocycles. The standard InChI is InChI=1S/C28H32O16/c1-39-26-14(42-28-25(38)23(36)20(33)16(8-30)44-28)6-13-17(21(26)34)18(31)12(9-40-13)10-2-4-11(5-3-10)41-27-24(37)22(35)19(32)15(7-29)43-27/h2-6,9,15-16,19-20,22-25,27-30,32-38H,7-8H2,1H3/t15-,16-,19+,20+,22-,23-,24-,25+,27+,28+/m0/s1. The number of hydrogen-bond donors (Lipinski definition) is 9. The van der Waals surface area contributed by atoms with Gasteiger partial charge >= 0.3 is 0 Å². The van der Waals surface area contributed by atoms with E-state index in [0.717, 1.165) is 6.26 Å². The third kappa shape index (κ3) is 5.68. The Hall–Kier alpha value is -3.55. The largest absolute Gasteiger partial charge is 0.504 e. The lowest BCUT2D eigenvalue weighted by Gasteiger charge is -2.39. The maximum atomic E-state index is 13.5. The van der Waals surface area contributed by atoms with E-state index in [1.807, 2.05) is 0 Å². The SMILES string of the molecule is COc1c(O[C@@H]2O[C@@H](CO)[C@@H](O)[C@H](O)[C@H]2O)cc2occ(-c3ccc(O[C@@H]4O[C@@H](CO)[C@@H](O)[C@H](O)[C@@H]4O)cc3)c(=O)c2c1O. The van der Waals surface area contributed by atoms with E-state index in [2.05, 4.69) is 0 Å². The molecule has 0 bridgehead atoms. The normalized spacial score (nSPS) is 32.4. The van der Waals surface area contributed by atoms with Gasteiger partial charge in [0.15, 0.2) is 11.5 Å². The van der Waals surface area contributed by atoms with Crippen LogP contribution in [-0.4, -0.2) is 128 Å². The Bertz CT molecular complexity index is 1500. The Kier molecular flexibility index (Phi) is 9.28. The molecule has 2 fully saturated rings. The predicted molar refractivity (Wildman–Crippen MR) is 145 cm³/mol. The van der Waals surface area contributed by atoms with Crippen LogP contribution in [0.4, 0.5) is 0 Å². The van der Waals surface area contributed by atoms with E-state index in [9.17, 15) is 50.8 Å². The van der Waals surface area contributed by atoms with Gasteiger partial charge in [-0.2, -0.15) is 0 Å². The lowest BCUT2D eigenvalue weighted by atomic mass is 9.99. The highest BCUT2D eigenvalue weighted by atomic mass is 16.7. The molecule has 2 saturated heterocycles. The van der Waals surface area contributed by atoms with Crippen molar-refractivity contribution in [3.8, 4) is 34.1 Å². The lowest BCUT2D eigenvalue weighted by molar-refractivity contribution is -0.277. The Morgan fingerprint density at radius 2 is 1.32 bits per heavy atom. The molecule has 0 amide bonds. The summed E-state index contributed by atoms with van der Waals surface area (Å²) in [6.07, 6.45) is -14.2. The molecule has 240 valence electrons. The molecule has 3 aromatic rings. The molecule has 1 aromatic heterocycles. The van der Waals surface area contributed by atoms with Crippen LogP contribution in [-0.2, 0) is 9.47 Å². The van der Waals surface area contributed by atoms with E-state index < -0.39 is 85.8 Å². The maximum absolute atomic E-state index is 13.5. The van der Waals surface area contributed by atoms with E-state index in [1.165, 1.54) is 37.4 Å². The maximum Gasteiger partial charge on any atom is 0.229 e. The molecule has 16 nitrogen and oxygen atoms in total. The van der Waals surface area contributed by atoms with Gasteiger partial charge in [-0.15, -0.1) is 0 Å². The molecule has 16 heteroatoms. The van der Waals surface area contributed by atoms with Crippen molar-refractivity contribution in [2.45, 2.75) is 61.4 Å². The van der Waals surface area contributed by atoms with E-state index in [0.29, 0.717) is 5.56 Å². The second-order valence-electron chi connectivity index (χ2n) is 10.3. The molecule has 44 heavy (non-hydrogen) atoms. The van der Waals surface area contributed by atoms with Crippen LogP contribution in [0.5, 0.6) is 23.0 Å². The van der Waals surface area contributed by atoms with Gasteiger partial charge in [-0.25, -0.2) is 0 Å². The summed E-state index contributed by atoms with van der Waals surface area (Å²) in [6.45, 7) is -1.32. The number of fused-ring (bicyclic) bond motifs is 1. The number of methoxy groups -OCH3 is 1. The van der Waals surface area contributed by atoms with Gasteiger partial charge in [-0.3, -0.25) is 4.79 Å². The minimum absolute atomic E-state index is 0.0249. The van der Waals surface area contributed by atoms with Crippen molar-refractivity contribution < 1.29 is 74.1 Å². The summed E-state index contributed by atoms with van der Waals surface area (Å²) in [5.74, 6) is -1.08. The second-order valence-corrected chi connectivity index (χ2v) is 10.3. The van der Waals surface area contributed by atoms with Gasteiger partial charge in [-0.05, 0) is 17.7 Å². The van der Waals surface area contributed by atoms with Crippen molar-refractivity contribution in [1.29, 1.82) is 0 Å². The fourth-order valence-corrected chi connectivity index (χ4v) is 5.01. The Balaban J connectivity index is 1.41. The van der Waals surface area contributed by atoms with E-state index in [-0.39, 0.29) is 33.8 Å². The van der Waals surface area contributed by atoms with Crippen molar-refractivity contribution in [2.75, 3.05) is 20.3 Å². The third-order valence-electron chi connectivity index (χ3n) is 7.52. The summed E-state index contributed by atoms with van der Waals surface area (Å²) in [5, 5.41) is 90.0. The second kappa shape index (κ2) is 12.8. The molecular weight excluding hydrogens is 592 g/mol. The van der Waals surface area contributed by atoms with Gasteiger partial charge in [0.2, 0.25) is 23.8 Å². The number of hydrogen-bond acceptors (Lipinski definition) is 16. The number of phenolic OH excluding ortho intramolecular Hbond substituents is 1. The number of aromatic hydroxyl groups is 1. The molecule has 10 atom stereocenters. The molecule has 9 N–H and O–H groups in total.